The van der Waals surface area contributed by atoms with E-state index in [0.29, 0.717) is 5.58 Å². The quantitative estimate of drug-likeness (QED) is 0.898. The van der Waals surface area contributed by atoms with Crippen molar-refractivity contribution < 1.29 is 9.15 Å². The van der Waals surface area contributed by atoms with E-state index in [4.69, 9.17) is 9.15 Å². The number of fused-ring (bicyclic) bond motifs is 1. The minimum Gasteiger partial charge on any atom is -0.408 e. The van der Waals surface area contributed by atoms with E-state index in [9.17, 15) is 4.79 Å². The minimum absolute atomic E-state index is 0.284. The molecule has 2 heterocycles. The fourth-order valence-electron chi connectivity index (χ4n) is 2.47. The van der Waals surface area contributed by atoms with E-state index in [-0.39, 0.29) is 11.9 Å². The fourth-order valence-corrected chi connectivity index (χ4v) is 2.47. The number of rotatable bonds is 3. The topological polar surface area (TPSA) is 56.4 Å². The fraction of sp³-hybridized carbons (Fsp3) is 0.500. The number of aromatic nitrogens is 1. The molecule has 1 aromatic heterocycles. The number of nitrogens with zero attached hydrogens (tertiary/aromatic N) is 1. The predicted octanol–water partition coefficient (Wildman–Crippen LogP) is 1.05. The van der Waals surface area contributed by atoms with Gasteiger partial charge in [0, 0.05) is 20.1 Å². The highest BCUT2D eigenvalue weighted by Crippen LogP contribution is 2.16. The van der Waals surface area contributed by atoms with Gasteiger partial charge in [-0.3, -0.25) is 4.57 Å². The molecule has 0 bridgehead atoms. The zero-order chi connectivity index (χ0) is 13.2. The molecule has 5 heteroatoms. The van der Waals surface area contributed by atoms with Crippen LogP contribution in [0.2, 0.25) is 0 Å². The molecule has 3 rings (SSSR count). The van der Waals surface area contributed by atoms with Crippen molar-refractivity contribution in [3.63, 3.8) is 0 Å². The Labute approximate surface area is 111 Å². The van der Waals surface area contributed by atoms with Crippen LogP contribution in [-0.2, 0) is 18.2 Å². The third-order valence-electron chi connectivity index (χ3n) is 3.62. The first-order valence-corrected chi connectivity index (χ1v) is 6.65. The molecule has 0 aliphatic carbocycles. The van der Waals surface area contributed by atoms with Crippen molar-refractivity contribution in [1.29, 1.82) is 0 Å². The summed E-state index contributed by atoms with van der Waals surface area (Å²) in [7, 11) is 1.72. The molecule has 1 atom stereocenters. The van der Waals surface area contributed by atoms with Gasteiger partial charge in [0.15, 0.2) is 5.58 Å². The van der Waals surface area contributed by atoms with Crippen molar-refractivity contribution in [3.05, 3.63) is 34.3 Å². The lowest BCUT2D eigenvalue weighted by Crippen LogP contribution is -2.38. The normalized spacial score (nSPS) is 19.9. The van der Waals surface area contributed by atoms with Gasteiger partial charge in [-0.1, -0.05) is 6.07 Å². The summed E-state index contributed by atoms with van der Waals surface area (Å²) in [5, 5.41) is 3.32. The van der Waals surface area contributed by atoms with Crippen LogP contribution in [0.25, 0.3) is 11.1 Å². The molecule has 1 fully saturated rings. The molecule has 0 radical (unpaired) electrons. The van der Waals surface area contributed by atoms with Gasteiger partial charge < -0.3 is 14.5 Å². The summed E-state index contributed by atoms with van der Waals surface area (Å²) in [6, 6.07) is 5.94. The minimum atomic E-state index is -0.313. The summed E-state index contributed by atoms with van der Waals surface area (Å²) in [5.74, 6) is -0.313. The molecule has 102 valence electrons. The number of ether oxygens (including phenoxy) is 1. The van der Waals surface area contributed by atoms with Crippen LogP contribution in [-0.4, -0.2) is 30.4 Å². The lowest BCUT2D eigenvalue weighted by atomic mass is 10.1. The van der Waals surface area contributed by atoms with E-state index in [2.05, 4.69) is 5.32 Å². The maximum atomic E-state index is 11.4. The Morgan fingerprint density at radius 2 is 2.37 bits per heavy atom. The van der Waals surface area contributed by atoms with E-state index in [1.54, 1.807) is 7.05 Å². The van der Waals surface area contributed by atoms with E-state index in [0.717, 1.165) is 38.1 Å². The maximum absolute atomic E-state index is 11.4. The van der Waals surface area contributed by atoms with Gasteiger partial charge in [0.05, 0.1) is 18.2 Å². The first kappa shape index (κ1) is 12.4. The number of oxazole rings is 1. The molecule has 0 saturated carbocycles. The van der Waals surface area contributed by atoms with Crippen LogP contribution >= 0.6 is 0 Å². The third-order valence-corrected chi connectivity index (χ3v) is 3.62. The Kier molecular flexibility index (Phi) is 3.40. The monoisotopic (exact) mass is 262 g/mol. The summed E-state index contributed by atoms with van der Waals surface area (Å²) in [4.78, 5) is 11.4. The van der Waals surface area contributed by atoms with Crippen LogP contribution in [0.15, 0.2) is 27.4 Å². The van der Waals surface area contributed by atoms with E-state index >= 15 is 0 Å². The van der Waals surface area contributed by atoms with Crippen LogP contribution in [0.4, 0.5) is 0 Å². The van der Waals surface area contributed by atoms with Crippen LogP contribution in [0.5, 0.6) is 0 Å². The molecular formula is C14H18N2O3. The highest BCUT2D eigenvalue weighted by molar-refractivity contribution is 5.73. The van der Waals surface area contributed by atoms with Gasteiger partial charge in [-0.15, -0.1) is 0 Å². The first-order valence-electron chi connectivity index (χ1n) is 6.65. The lowest BCUT2D eigenvalue weighted by Gasteiger charge is -2.23. The number of aryl methyl sites for hydroxylation is 2. The largest absolute Gasteiger partial charge is 0.419 e. The van der Waals surface area contributed by atoms with Crippen molar-refractivity contribution >= 4 is 11.1 Å². The van der Waals surface area contributed by atoms with Crippen molar-refractivity contribution in [1.82, 2.24) is 9.88 Å². The highest BCUT2D eigenvalue weighted by Gasteiger charge is 2.13. The molecule has 1 aliphatic rings. The Hall–Kier alpha value is -1.59. The van der Waals surface area contributed by atoms with Gasteiger partial charge in [0.2, 0.25) is 0 Å². The van der Waals surface area contributed by atoms with E-state index < -0.39 is 0 Å². The molecule has 1 unspecified atom stereocenters. The number of benzene rings is 1. The second-order valence-electron chi connectivity index (χ2n) is 4.96. The van der Waals surface area contributed by atoms with Crippen molar-refractivity contribution in [3.8, 4) is 0 Å². The first-order chi connectivity index (χ1) is 9.24. The number of nitrogens with one attached hydrogen (secondary N) is 1. The molecule has 5 nitrogen and oxygen atoms in total. The third kappa shape index (κ3) is 2.57. The Bertz CT molecular complexity index is 623. The second-order valence-corrected chi connectivity index (χ2v) is 4.96. The number of morpholine rings is 1. The summed E-state index contributed by atoms with van der Waals surface area (Å²) in [5.41, 5.74) is 2.67. The molecule has 0 spiro atoms. The lowest BCUT2D eigenvalue weighted by molar-refractivity contribution is 0.0238. The molecule has 1 aliphatic heterocycles. The Balaban J connectivity index is 1.72. The molecule has 1 N–H and O–H groups in total. The summed E-state index contributed by atoms with van der Waals surface area (Å²) in [6.45, 7) is 2.65. The van der Waals surface area contributed by atoms with Gasteiger partial charge in [-0.2, -0.15) is 0 Å². The van der Waals surface area contributed by atoms with Crippen molar-refractivity contribution in [2.75, 3.05) is 19.7 Å². The molecule has 1 aromatic carbocycles. The van der Waals surface area contributed by atoms with Crippen molar-refractivity contribution in [2.24, 2.45) is 7.05 Å². The summed E-state index contributed by atoms with van der Waals surface area (Å²) >= 11 is 0. The number of hydrogen-bond donors (Lipinski definition) is 1. The zero-order valence-electron chi connectivity index (χ0n) is 11.0. The van der Waals surface area contributed by atoms with Crippen LogP contribution in [0.1, 0.15) is 12.0 Å². The molecular weight excluding hydrogens is 244 g/mol. The Morgan fingerprint density at radius 3 is 3.16 bits per heavy atom. The van der Waals surface area contributed by atoms with Gasteiger partial charge >= 0.3 is 5.76 Å². The van der Waals surface area contributed by atoms with E-state index in [1.807, 2.05) is 18.2 Å². The van der Waals surface area contributed by atoms with E-state index in [1.165, 1.54) is 10.1 Å². The Morgan fingerprint density at radius 1 is 1.47 bits per heavy atom. The summed E-state index contributed by atoms with van der Waals surface area (Å²) in [6.07, 6.45) is 2.20. The molecule has 19 heavy (non-hydrogen) atoms. The average Bonchev–Trinajstić information content (AvgIpc) is 2.73. The van der Waals surface area contributed by atoms with Crippen molar-refractivity contribution in [2.45, 2.75) is 18.9 Å². The maximum Gasteiger partial charge on any atom is 0.419 e. The number of hydrogen-bond acceptors (Lipinski definition) is 4. The SMILES string of the molecule is Cn1c(=O)oc2cc(CCC3CNCCO3)ccc21. The van der Waals surface area contributed by atoms with Gasteiger partial charge in [-0.05, 0) is 30.5 Å². The summed E-state index contributed by atoms with van der Waals surface area (Å²) < 4.78 is 12.4. The standard InChI is InChI=1S/C14H18N2O3/c1-16-12-5-3-10(8-13(12)19-14(16)17)2-4-11-9-15-6-7-18-11/h3,5,8,11,15H,2,4,6-7,9H2,1H3. The smallest absolute Gasteiger partial charge is 0.408 e. The van der Waals surface area contributed by atoms with Crippen LogP contribution < -0.4 is 11.1 Å². The van der Waals surface area contributed by atoms with Gasteiger partial charge in [0.25, 0.3) is 0 Å². The van der Waals surface area contributed by atoms with Crippen LogP contribution in [0.3, 0.4) is 0 Å². The second kappa shape index (κ2) is 5.19. The molecule has 0 amide bonds. The van der Waals surface area contributed by atoms with Gasteiger partial charge in [-0.25, -0.2) is 4.79 Å². The van der Waals surface area contributed by atoms with Gasteiger partial charge in [0.1, 0.15) is 0 Å². The molecule has 2 aromatic rings. The highest BCUT2D eigenvalue weighted by atomic mass is 16.5. The zero-order valence-corrected chi connectivity index (χ0v) is 11.0. The predicted molar refractivity (Wildman–Crippen MR) is 72.4 cm³/mol. The van der Waals surface area contributed by atoms with Crippen LogP contribution in [0, 0.1) is 0 Å². The average molecular weight is 262 g/mol. The molecule has 1 saturated heterocycles.